The maximum Gasteiger partial charge on any atom is 0.242 e. The third kappa shape index (κ3) is 2.37. The Balaban J connectivity index is 1.88. The Labute approximate surface area is 94.1 Å². The molecule has 1 saturated heterocycles. The van der Waals surface area contributed by atoms with Crippen molar-refractivity contribution in [2.75, 3.05) is 18.4 Å². The van der Waals surface area contributed by atoms with Crippen LogP contribution in [0.4, 0.5) is 5.82 Å². The lowest BCUT2D eigenvalue weighted by Gasteiger charge is -2.39. The van der Waals surface area contributed by atoms with Crippen molar-refractivity contribution in [2.45, 2.75) is 19.1 Å². The smallest absolute Gasteiger partial charge is 0.242 e. The van der Waals surface area contributed by atoms with Crippen LogP contribution in [0.2, 0.25) is 0 Å². The number of nitrogens with zero attached hydrogens (tertiary/aromatic N) is 2. The molecule has 1 fully saturated rings. The molecule has 0 aromatic carbocycles. The zero-order valence-electron chi connectivity index (χ0n) is 9.13. The van der Waals surface area contributed by atoms with E-state index in [1.165, 1.54) is 0 Å². The predicted molar refractivity (Wildman–Crippen MR) is 59.9 cm³/mol. The predicted octanol–water partition coefficient (Wildman–Crippen LogP) is 0.0851. The van der Waals surface area contributed by atoms with E-state index in [1.807, 2.05) is 17.9 Å². The summed E-state index contributed by atoms with van der Waals surface area (Å²) in [6.07, 6.45) is 1.35. The first-order chi connectivity index (χ1) is 7.66. The lowest BCUT2D eigenvalue weighted by Crippen LogP contribution is -2.57. The number of aromatic nitrogens is 1. The van der Waals surface area contributed by atoms with E-state index < -0.39 is 0 Å². The Morgan fingerprint density at radius 1 is 1.62 bits per heavy atom. The SMILES string of the molecule is CC(C(=O)Nc1ccccn1)N1CC(O)C1. The van der Waals surface area contributed by atoms with Crippen molar-refractivity contribution in [2.24, 2.45) is 0 Å². The second-order valence-electron chi connectivity index (χ2n) is 3.99. The molecular formula is C11H15N3O2. The van der Waals surface area contributed by atoms with Crippen molar-refractivity contribution in [3.05, 3.63) is 24.4 Å². The fourth-order valence-corrected chi connectivity index (χ4v) is 1.64. The number of carbonyl (C=O) groups is 1. The summed E-state index contributed by atoms with van der Waals surface area (Å²) in [5, 5.41) is 11.9. The van der Waals surface area contributed by atoms with Crippen LogP contribution in [0.25, 0.3) is 0 Å². The number of rotatable bonds is 3. The van der Waals surface area contributed by atoms with E-state index in [0.717, 1.165) is 0 Å². The van der Waals surface area contributed by atoms with Gasteiger partial charge in [0.2, 0.25) is 5.91 Å². The van der Waals surface area contributed by atoms with E-state index in [4.69, 9.17) is 5.11 Å². The molecular weight excluding hydrogens is 206 g/mol. The molecule has 5 nitrogen and oxygen atoms in total. The average Bonchev–Trinajstić information content (AvgIpc) is 2.25. The zero-order valence-corrected chi connectivity index (χ0v) is 9.13. The molecule has 0 saturated carbocycles. The second kappa shape index (κ2) is 4.59. The molecule has 2 heterocycles. The van der Waals surface area contributed by atoms with Crippen LogP contribution in [0.15, 0.2) is 24.4 Å². The number of anilines is 1. The Kier molecular flexibility index (Phi) is 3.17. The third-order valence-corrected chi connectivity index (χ3v) is 2.73. The van der Waals surface area contributed by atoms with Gasteiger partial charge in [0.15, 0.2) is 0 Å². The van der Waals surface area contributed by atoms with Crippen molar-refractivity contribution in [1.82, 2.24) is 9.88 Å². The number of pyridine rings is 1. The van der Waals surface area contributed by atoms with E-state index in [-0.39, 0.29) is 18.1 Å². The molecule has 2 rings (SSSR count). The van der Waals surface area contributed by atoms with Gasteiger partial charge < -0.3 is 10.4 Å². The van der Waals surface area contributed by atoms with Gasteiger partial charge in [-0.1, -0.05) is 6.07 Å². The highest BCUT2D eigenvalue weighted by atomic mass is 16.3. The standard InChI is InChI=1S/C11H15N3O2/c1-8(14-6-9(15)7-14)11(16)13-10-4-2-3-5-12-10/h2-5,8-9,15H,6-7H2,1H3,(H,12,13,16). The molecule has 1 amide bonds. The molecule has 1 aromatic rings. The number of aliphatic hydroxyl groups excluding tert-OH is 1. The lowest BCUT2D eigenvalue weighted by molar-refractivity contribution is -0.125. The van der Waals surface area contributed by atoms with E-state index >= 15 is 0 Å². The molecule has 1 atom stereocenters. The average molecular weight is 221 g/mol. The summed E-state index contributed by atoms with van der Waals surface area (Å²) >= 11 is 0. The van der Waals surface area contributed by atoms with E-state index in [1.54, 1.807) is 18.3 Å². The van der Waals surface area contributed by atoms with Crippen molar-refractivity contribution >= 4 is 11.7 Å². The van der Waals surface area contributed by atoms with Gasteiger partial charge in [-0.2, -0.15) is 0 Å². The summed E-state index contributed by atoms with van der Waals surface area (Å²) in [6, 6.07) is 5.13. The number of likely N-dealkylation sites (tertiary alicyclic amines) is 1. The minimum atomic E-state index is -0.287. The molecule has 1 aliphatic heterocycles. The van der Waals surface area contributed by atoms with Gasteiger partial charge in [-0.3, -0.25) is 9.69 Å². The highest BCUT2D eigenvalue weighted by molar-refractivity contribution is 5.93. The zero-order chi connectivity index (χ0) is 11.5. The Morgan fingerprint density at radius 2 is 2.38 bits per heavy atom. The van der Waals surface area contributed by atoms with Gasteiger partial charge in [-0.05, 0) is 19.1 Å². The van der Waals surface area contributed by atoms with Crippen LogP contribution >= 0.6 is 0 Å². The molecule has 5 heteroatoms. The molecule has 0 aliphatic carbocycles. The monoisotopic (exact) mass is 221 g/mol. The van der Waals surface area contributed by atoms with Crippen molar-refractivity contribution in [3.63, 3.8) is 0 Å². The van der Waals surface area contributed by atoms with Gasteiger partial charge in [-0.15, -0.1) is 0 Å². The normalized spacial score (nSPS) is 18.9. The lowest BCUT2D eigenvalue weighted by atomic mass is 10.1. The fourth-order valence-electron chi connectivity index (χ4n) is 1.64. The molecule has 2 N–H and O–H groups in total. The number of hydrogen-bond acceptors (Lipinski definition) is 4. The molecule has 0 spiro atoms. The topological polar surface area (TPSA) is 65.5 Å². The van der Waals surface area contributed by atoms with Gasteiger partial charge >= 0.3 is 0 Å². The number of carbonyl (C=O) groups excluding carboxylic acids is 1. The number of hydrogen-bond donors (Lipinski definition) is 2. The van der Waals surface area contributed by atoms with Gasteiger partial charge in [-0.25, -0.2) is 4.98 Å². The molecule has 1 aromatic heterocycles. The van der Waals surface area contributed by atoms with Crippen molar-refractivity contribution in [1.29, 1.82) is 0 Å². The minimum Gasteiger partial charge on any atom is -0.390 e. The van der Waals surface area contributed by atoms with Crippen LogP contribution in [0, 0.1) is 0 Å². The van der Waals surface area contributed by atoms with Gasteiger partial charge in [0.25, 0.3) is 0 Å². The quantitative estimate of drug-likeness (QED) is 0.759. The maximum absolute atomic E-state index is 11.8. The Hall–Kier alpha value is -1.46. The minimum absolute atomic E-state index is 0.0920. The van der Waals surface area contributed by atoms with E-state index in [2.05, 4.69) is 10.3 Å². The summed E-state index contributed by atoms with van der Waals surface area (Å²) in [5.41, 5.74) is 0. The van der Waals surface area contributed by atoms with Gasteiger partial charge in [0.1, 0.15) is 5.82 Å². The number of β-amino-alcohol motifs (C(OH)–C–C–N with tert-alkyl or cyclic N) is 1. The highest BCUT2D eigenvalue weighted by Gasteiger charge is 2.32. The molecule has 1 aliphatic rings. The summed E-state index contributed by atoms with van der Waals surface area (Å²) < 4.78 is 0. The molecule has 1 unspecified atom stereocenters. The Bertz CT molecular complexity index is 363. The molecule has 0 bridgehead atoms. The number of amides is 1. The molecule has 16 heavy (non-hydrogen) atoms. The molecule has 0 radical (unpaired) electrons. The summed E-state index contributed by atoms with van der Waals surface area (Å²) in [7, 11) is 0. The molecule has 86 valence electrons. The third-order valence-electron chi connectivity index (χ3n) is 2.73. The summed E-state index contributed by atoms with van der Waals surface area (Å²) in [4.78, 5) is 17.7. The first kappa shape index (κ1) is 11.0. The Morgan fingerprint density at radius 3 is 2.94 bits per heavy atom. The summed E-state index contributed by atoms with van der Waals surface area (Å²) in [5.74, 6) is 0.464. The van der Waals surface area contributed by atoms with Crippen LogP contribution in [0.1, 0.15) is 6.92 Å². The van der Waals surface area contributed by atoms with Crippen molar-refractivity contribution in [3.8, 4) is 0 Å². The first-order valence-electron chi connectivity index (χ1n) is 5.31. The number of aliphatic hydroxyl groups is 1. The van der Waals surface area contributed by atoms with Gasteiger partial charge in [0, 0.05) is 19.3 Å². The highest BCUT2D eigenvalue weighted by Crippen LogP contribution is 2.13. The second-order valence-corrected chi connectivity index (χ2v) is 3.99. The van der Waals surface area contributed by atoms with Gasteiger partial charge in [0.05, 0.1) is 12.1 Å². The van der Waals surface area contributed by atoms with Crippen LogP contribution in [-0.4, -0.2) is 46.1 Å². The van der Waals surface area contributed by atoms with Crippen LogP contribution in [0.5, 0.6) is 0 Å². The maximum atomic E-state index is 11.8. The first-order valence-corrected chi connectivity index (χ1v) is 5.31. The summed E-state index contributed by atoms with van der Waals surface area (Å²) in [6.45, 7) is 2.96. The van der Waals surface area contributed by atoms with E-state index in [0.29, 0.717) is 18.9 Å². The van der Waals surface area contributed by atoms with E-state index in [9.17, 15) is 4.79 Å². The largest absolute Gasteiger partial charge is 0.390 e. The fraction of sp³-hybridized carbons (Fsp3) is 0.455. The number of nitrogens with one attached hydrogen (secondary N) is 1. The van der Waals surface area contributed by atoms with Crippen LogP contribution in [-0.2, 0) is 4.79 Å². The van der Waals surface area contributed by atoms with Crippen LogP contribution < -0.4 is 5.32 Å². The van der Waals surface area contributed by atoms with Crippen molar-refractivity contribution < 1.29 is 9.90 Å². The van der Waals surface area contributed by atoms with Crippen LogP contribution in [0.3, 0.4) is 0 Å².